The largest absolute Gasteiger partial charge is 0.381 e. The van der Waals surface area contributed by atoms with Crippen molar-refractivity contribution >= 4 is 0 Å². The summed E-state index contributed by atoms with van der Waals surface area (Å²) < 4.78 is 5.48. The zero-order valence-electron chi connectivity index (χ0n) is 11.4. The van der Waals surface area contributed by atoms with Gasteiger partial charge >= 0.3 is 0 Å². The summed E-state index contributed by atoms with van der Waals surface area (Å²) in [7, 11) is 1.81. The van der Waals surface area contributed by atoms with Gasteiger partial charge in [0.25, 0.3) is 0 Å². The molecule has 2 rings (SSSR count). The molecule has 18 heavy (non-hydrogen) atoms. The number of nitrogens with zero attached hydrogens (tertiary/aromatic N) is 4. The summed E-state index contributed by atoms with van der Waals surface area (Å²) in [5, 5.41) is 15.9. The Bertz CT molecular complexity index is 359. The van der Waals surface area contributed by atoms with Gasteiger partial charge in [-0.25, -0.2) is 0 Å². The molecule has 1 aromatic heterocycles. The third-order valence-electron chi connectivity index (χ3n) is 3.56. The highest BCUT2D eigenvalue weighted by molar-refractivity contribution is 4.93. The van der Waals surface area contributed by atoms with Crippen molar-refractivity contribution in [2.45, 2.75) is 32.6 Å². The average molecular weight is 253 g/mol. The molecule has 0 atom stereocenters. The Hall–Kier alpha value is -1.01. The van der Waals surface area contributed by atoms with E-state index in [1.54, 1.807) is 0 Å². The van der Waals surface area contributed by atoms with Gasteiger partial charge in [0.1, 0.15) is 0 Å². The zero-order valence-corrected chi connectivity index (χ0v) is 11.4. The molecule has 1 aromatic rings. The Morgan fingerprint density at radius 1 is 1.39 bits per heavy atom. The Kier molecular flexibility index (Phi) is 4.66. The quantitative estimate of drug-likeness (QED) is 0.750. The lowest BCUT2D eigenvalue weighted by Crippen LogP contribution is -2.41. The summed E-state index contributed by atoms with van der Waals surface area (Å²) in [5.41, 5.74) is 0.233. The molecule has 1 aliphatic rings. The third kappa shape index (κ3) is 3.49. The van der Waals surface area contributed by atoms with E-state index in [1.807, 2.05) is 7.05 Å². The number of aromatic nitrogens is 4. The molecule has 2 heterocycles. The van der Waals surface area contributed by atoms with Crippen LogP contribution in [-0.4, -0.2) is 46.5 Å². The second-order valence-corrected chi connectivity index (χ2v) is 5.16. The SMILES string of the molecule is CCCNCC1(Cc2nnn(C)n2)CCOCC1. The van der Waals surface area contributed by atoms with Gasteiger partial charge in [0.05, 0.1) is 7.05 Å². The minimum absolute atomic E-state index is 0.233. The summed E-state index contributed by atoms with van der Waals surface area (Å²) in [6.07, 6.45) is 4.20. The second-order valence-electron chi connectivity index (χ2n) is 5.16. The molecule has 0 amide bonds. The second kappa shape index (κ2) is 6.24. The van der Waals surface area contributed by atoms with E-state index in [2.05, 4.69) is 27.7 Å². The van der Waals surface area contributed by atoms with E-state index < -0.39 is 0 Å². The van der Waals surface area contributed by atoms with Crippen LogP contribution in [0.15, 0.2) is 0 Å². The number of ether oxygens (including phenoxy) is 1. The Labute approximate surface area is 108 Å². The first kappa shape index (κ1) is 13.4. The van der Waals surface area contributed by atoms with Crippen molar-refractivity contribution in [2.24, 2.45) is 12.5 Å². The molecular formula is C12H23N5O. The number of nitrogens with one attached hydrogen (secondary N) is 1. The molecule has 0 unspecified atom stereocenters. The lowest BCUT2D eigenvalue weighted by atomic mass is 9.77. The van der Waals surface area contributed by atoms with Crippen molar-refractivity contribution in [3.8, 4) is 0 Å². The fourth-order valence-corrected chi connectivity index (χ4v) is 2.48. The predicted molar refractivity (Wildman–Crippen MR) is 68.1 cm³/mol. The van der Waals surface area contributed by atoms with Gasteiger partial charge in [-0.2, -0.15) is 4.80 Å². The third-order valence-corrected chi connectivity index (χ3v) is 3.56. The molecule has 1 N–H and O–H groups in total. The number of hydrogen-bond acceptors (Lipinski definition) is 5. The molecule has 1 fully saturated rings. The Balaban J connectivity index is 1.99. The van der Waals surface area contributed by atoms with Gasteiger partial charge in [-0.3, -0.25) is 0 Å². The molecule has 0 aromatic carbocycles. The van der Waals surface area contributed by atoms with Crippen LogP contribution in [0.3, 0.4) is 0 Å². The lowest BCUT2D eigenvalue weighted by Gasteiger charge is -2.36. The van der Waals surface area contributed by atoms with Gasteiger partial charge in [0.15, 0.2) is 5.82 Å². The minimum atomic E-state index is 0.233. The van der Waals surface area contributed by atoms with Crippen LogP contribution in [-0.2, 0) is 18.2 Å². The number of hydrogen-bond donors (Lipinski definition) is 1. The normalized spacial score (nSPS) is 19.0. The van der Waals surface area contributed by atoms with Gasteiger partial charge in [-0.1, -0.05) is 6.92 Å². The van der Waals surface area contributed by atoms with E-state index in [4.69, 9.17) is 4.74 Å². The summed E-state index contributed by atoms with van der Waals surface area (Å²) in [6, 6.07) is 0. The average Bonchev–Trinajstić information content (AvgIpc) is 2.76. The van der Waals surface area contributed by atoms with Crippen LogP contribution >= 0.6 is 0 Å². The summed E-state index contributed by atoms with van der Waals surface area (Å²) >= 11 is 0. The predicted octanol–water partition coefficient (Wildman–Crippen LogP) is 0.549. The monoisotopic (exact) mass is 253 g/mol. The van der Waals surface area contributed by atoms with E-state index in [-0.39, 0.29) is 5.41 Å². The van der Waals surface area contributed by atoms with Gasteiger partial charge in [0, 0.05) is 26.2 Å². The van der Waals surface area contributed by atoms with Crippen molar-refractivity contribution in [1.82, 2.24) is 25.5 Å². The van der Waals surface area contributed by atoms with Gasteiger partial charge in [-0.05, 0) is 36.4 Å². The summed E-state index contributed by atoms with van der Waals surface area (Å²) in [5.74, 6) is 0.845. The summed E-state index contributed by atoms with van der Waals surface area (Å²) in [4.78, 5) is 1.53. The fourth-order valence-electron chi connectivity index (χ4n) is 2.48. The molecule has 1 aliphatic heterocycles. The fraction of sp³-hybridized carbons (Fsp3) is 0.917. The number of rotatable bonds is 6. The smallest absolute Gasteiger partial charge is 0.175 e. The molecule has 0 bridgehead atoms. The molecule has 0 aliphatic carbocycles. The minimum Gasteiger partial charge on any atom is -0.381 e. The molecule has 1 saturated heterocycles. The lowest BCUT2D eigenvalue weighted by molar-refractivity contribution is 0.0140. The van der Waals surface area contributed by atoms with Crippen LogP contribution in [0.1, 0.15) is 32.0 Å². The van der Waals surface area contributed by atoms with Crippen LogP contribution < -0.4 is 5.32 Å². The van der Waals surface area contributed by atoms with Crippen LogP contribution in [0.5, 0.6) is 0 Å². The van der Waals surface area contributed by atoms with Crippen LogP contribution in [0.4, 0.5) is 0 Å². The maximum absolute atomic E-state index is 5.48. The Morgan fingerprint density at radius 2 is 2.17 bits per heavy atom. The van der Waals surface area contributed by atoms with Gasteiger partial charge < -0.3 is 10.1 Å². The van der Waals surface area contributed by atoms with Crippen LogP contribution in [0.2, 0.25) is 0 Å². The van der Waals surface area contributed by atoms with E-state index in [1.165, 1.54) is 4.80 Å². The standard InChI is InChI=1S/C12H23N5O/c1-3-6-13-10-12(4-7-18-8-5-12)9-11-14-16-17(2)15-11/h13H,3-10H2,1-2H3. The molecular weight excluding hydrogens is 230 g/mol. The van der Waals surface area contributed by atoms with Crippen molar-refractivity contribution in [3.05, 3.63) is 5.82 Å². The summed E-state index contributed by atoms with van der Waals surface area (Å²) in [6.45, 7) is 5.95. The van der Waals surface area contributed by atoms with E-state index in [9.17, 15) is 0 Å². The van der Waals surface area contributed by atoms with E-state index in [0.29, 0.717) is 0 Å². The number of aryl methyl sites for hydroxylation is 1. The molecule has 0 saturated carbocycles. The molecule has 0 radical (unpaired) electrons. The van der Waals surface area contributed by atoms with Crippen LogP contribution in [0, 0.1) is 5.41 Å². The highest BCUT2D eigenvalue weighted by Gasteiger charge is 2.33. The maximum atomic E-state index is 5.48. The molecule has 6 nitrogen and oxygen atoms in total. The first-order chi connectivity index (χ1) is 8.74. The van der Waals surface area contributed by atoms with Crippen molar-refractivity contribution in [1.29, 1.82) is 0 Å². The van der Waals surface area contributed by atoms with Gasteiger partial charge in [-0.15, -0.1) is 10.2 Å². The molecule has 102 valence electrons. The maximum Gasteiger partial charge on any atom is 0.175 e. The van der Waals surface area contributed by atoms with E-state index in [0.717, 1.165) is 57.8 Å². The highest BCUT2D eigenvalue weighted by Crippen LogP contribution is 2.32. The van der Waals surface area contributed by atoms with Crippen molar-refractivity contribution in [3.63, 3.8) is 0 Å². The first-order valence-electron chi connectivity index (χ1n) is 6.75. The number of tetrazole rings is 1. The topological polar surface area (TPSA) is 64.9 Å². The van der Waals surface area contributed by atoms with Crippen molar-refractivity contribution < 1.29 is 4.74 Å². The van der Waals surface area contributed by atoms with E-state index >= 15 is 0 Å². The Morgan fingerprint density at radius 3 is 2.78 bits per heavy atom. The zero-order chi connectivity index (χ0) is 12.8. The van der Waals surface area contributed by atoms with Crippen LogP contribution in [0.25, 0.3) is 0 Å². The van der Waals surface area contributed by atoms with Gasteiger partial charge in [0.2, 0.25) is 0 Å². The van der Waals surface area contributed by atoms with Crippen molar-refractivity contribution in [2.75, 3.05) is 26.3 Å². The highest BCUT2D eigenvalue weighted by atomic mass is 16.5. The molecule has 6 heteroatoms. The molecule has 0 spiro atoms. The first-order valence-corrected chi connectivity index (χ1v) is 6.75.